The monoisotopic (exact) mass is 346 g/mol. The second kappa shape index (κ2) is 6.54. The highest BCUT2D eigenvalue weighted by atomic mass is 79.9. The zero-order chi connectivity index (χ0) is 14.7. The van der Waals surface area contributed by atoms with E-state index in [-0.39, 0.29) is 0 Å². The van der Waals surface area contributed by atoms with Gasteiger partial charge in [0.25, 0.3) is 0 Å². The maximum absolute atomic E-state index is 4.68. The number of nitrogens with one attached hydrogen (secondary N) is 1. The molecule has 1 fully saturated rings. The molecule has 1 heterocycles. The molecule has 4 nitrogen and oxygen atoms in total. The van der Waals surface area contributed by atoms with Crippen LogP contribution in [0.15, 0.2) is 41.1 Å². The van der Waals surface area contributed by atoms with Crippen LogP contribution < -0.4 is 10.2 Å². The molecular weight excluding hydrogens is 328 g/mol. The van der Waals surface area contributed by atoms with Crippen molar-refractivity contribution < 1.29 is 0 Å². The summed E-state index contributed by atoms with van der Waals surface area (Å²) in [4.78, 5) is 11.1. The molecule has 1 aromatic heterocycles. The van der Waals surface area contributed by atoms with Crippen LogP contribution in [0.2, 0.25) is 0 Å². The van der Waals surface area contributed by atoms with Crippen LogP contribution in [-0.2, 0) is 13.1 Å². The van der Waals surface area contributed by atoms with Crippen LogP contribution in [0.1, 0.15) is 24.1 Å². The molecule has 1 aromatic carbocycles. The number of benzene rings is 1. The van der Waals surface area contributed by atoms with Gasteiger partial charge in [0, 0.05) is 36.8 Å². The molecule has 5 heteroatoms. The standard InChI is InChI=1S/C16H19BrN4/c1-21(11-12-3-2-4-13(17)7-12)16-10-18-8-15(20-16)9-19-14-5-6-14/h2-4,7-8,10,14,19H,5-6,9,11H2,1H3. The highest BCUT2D eigenvalue weighted by molar-refractivity contribution is 9.10. The molecule has 0 saturated heterocycles. The molecule has 0 atom stereocenters. The average molecular weight is 347 g/mol. The third-order valence-corrected chi connectivity index (χ3v) is 4.01. The zero-order valence-electron chi connectivity index (χ0n) is 12.1. The van der Waals surface area contributed by atoms with Crippen LogP contribution in [0.4, 0.5) is 5.82 Å². The number of anilines is 1. The van der Waals surface area contributed by atoms with E-state index in [1.807, 2.05) is 25.5 Å². The molecule has 110 valence electrons. The number of rotatable bonds is 6. The fourth-order valence-corrected chi connectivity index (χ4v) is 2.64. The van der Waals surface area contributed by atoms with Gasteiger partial charge in [0.1, 0.15) is 5.82 Å². The number of halogens is 1. The first-order valence-corrected chi connectivity index (χ1v) is 8.00. The number of hydrogen-bond donors (Lipinski definition) is 1. The van der Waals surface area contributed by atoms with Crippen molar-refractivity contribution in [1.29, 1.82) is 0 Å². The highest BCUT2D eigenvalue weighted by Gasteiger charge is 2.20. The van der Waals surface area contributed by atoms with Crippen LogP contribution in [0.3, 0.4) is 0 Å². The highest BCUT2D eigenvalue weighted by Crippen LogP contribution is 2.19. The van der Waals surface area contributed by atoms with E-state index in [9.17, 15) is 0 Å². The molecule has 1 N–H and O–H groups in total. The van der Waals surface area contributed by atoms with Crippen LogP contribution in [0.25, 0.3) is 0 Å². The molecule has 3 rings (SSSR count). The Morgan fingerprint density at radius 2 is 2.19 bits per heavy atom. The second-order valence-electron chi connectivity index (χ2n) is 5.51. The Hall–Kier alpha value is -1.46. The summed E-state index contributed by atoms with van der Waals surface area (Å²) in [5.74, 6) is 0.907. The Balaban J connectivity index is 1.65. The van der Waals surface area contributed by atoms with Gasteiger partial charge in [0.2, 0.25) is 0 Å². The molecule has 1 saturated carbocycles. The molecule has 0 aliphatic heterocycles. The molecule has 1 aliphatic rings. The van der Waals surface area contributed by atoms with E-state index in [0.717, 1.165) is 29.1 Å². The lowest BCUT2D eigenvalue weighted by Crippen LogP contribution is -2.20. The smallest absolute Gasteiger partial charge is 0.147 e. The van der Waals surface area contributed by atoms with Crippen molar-refractivity contribution >= 4 is 21.7 Å². The van der Waals surface area contributed by atoms with Crippen LogP contribution in [-0.4, -0.2) is 23.1 Å². The zero-order valence-corrected chi connectivity index (χ0v) is 13.7. The molecule has 0 unspecified atom stereocenters. The lowest BCUT2D eigenvalue weighted by Gasteiger charge is -2.18. The van der Waals surface area contributed by atoms with Crippen LogP contribution in [0, 0.1) is 0 Å². The fourth-order valence-electron chi connectivity index (χ4n) is 2.19. The van der Waals surface area contributed by atoms with Crippen molar-refractivity contribution in [1.82, 2.24) is 15.3 Å². The average Bonchev–Trinajstić information content (AvgIpc) is 3.30. The van der Waals surface area contributed by atoms with Gasteiger partial charge in [-0.15, -0.1) is 0 Å². The van der Waals surface area contributed by atoms with Crippen molar-refractivity contribution in [3.8, 4) is 0 Å². The van der Waals surface area contributed by atoms with Crippen LogP contribution in [0.5, 0.6) is 0 Å². The maximum atomic E-state index is 4.68. The fraction of sp³-hybridized carbons (Fsp3) is 0.375. The predicted molar refractivity (Wildman–Crippen MR) is 88.1 cm³/mol. The van der Waals surface area contributed by atoms with Gasteiger partial charge in [0.05, 0.1) is 11.9 Å². The van der Waals surface area contributed by atoms with Gasteiger partial charge in [0.15, 0.2) is 0 Å². The summed E-state index contributed by atoms with van der Waals surface area (Å²) < 4.78 is 1.10. The first-order chi connectivity index (χ1) is 10.2. The Morgan fingerprint density at radius 3 is 2.95 bits per heavy atom. The van der Waals surface area contributed by atoms with Crippen LogP contribution >= 0.6 is 15.9 Å². The first kappa shape index (κ1) is 14.5. The molecular formula is C16H19BrN4. The lowest BCUT2D eigenvalue weighted by molar-refractivity contribution is 0.670. The topological polar surface area (TPSA) is 41.1 Å². The van der Waals surface area contributed by atoms with Gasteiger partial charge >= 0.3 is 0 Å². The molecule has 1 aliphatic carbocycles. The minimum Gasteiger partial charge on any atom is -0.354 e. The van der Waals surface area contributed by atoms with E-state index in [4.69, 9.17) is 0 Å². The van der Waals surface area contributed by atoms with Crippen molar-refractivity contribution in [3.63, 3.8) is 0 Å². The molecule has 2 aromatic rings. The summed E-state index contributed by atoms with van der Waals surface area (Å²) in [6.07, 6.45) is 6.23. The van der Waals surface area contributed by atoms with Gasteiger partial charge < -0.3 is 10.2 Å². The van der Waals surface area contributed by atoms with E-state index in [0.29, 0.717) is 6.04 Å². The third-order valence-electron chi connectivity index (χ3n) is 3.52. The SMILES string of the molecule is CN(Cc1cccc(Br)c1)c1cncc(CNC2CC2)n1. The lowest BCUT2D eigenvalue weighted by atomic mass is 10.2. The van der Waals surface area contributed by atoms with Gasteiger partial charge in [-0.25, -0.2) is 4.98 Å². The van der Waals surface area contributed by atoms with E-state index in [1.54, 1.807) is 0 Å². The summed E-state index contributed by atoms with van der Waals surface area (Å²) >= 11 is 3.51. The minimum absolute atomic E-state index is 0.690. The number of nitrogens with zero attached hydrogens (tertiary/aromatic N) is 3. The van der Waals surface area contributed by atoms with Gasteiger partial charge in [-0.3, -0.25) is 4.98 Å². The normalized spacial score (nSPS) is 14.2. The summed E-state index contributed by atoms with van der Waals surface area (Å²) in [6.45, 7) is 1.61. The quantitative estimate of drug-likeness (QED) is 0.872. The Morgan fingerprint density at radius 1 is 1.33 bits per heavy atom. The molecule has 0 bridgehead atoms. The summed E-state index contributed by atoms with van der Waals surface area (Å²) in [5.41, 5.74) is 2.25. The van der Waals surface area contributed by atoms with Gasteiger partial charge in [-0.2, -0.15) is 0 Å². The maximum Gasteiger partial charge on any atom is 0.147 e. The van der Waals surface area contributed by atoms with Crippen molar-refractivity contribution in [2.75, 3.05) is 11.9 Å². The molecule has 0 spiro atoms. The Bertz CT molecular complexity index is 613. The number of hydrogen-bond acceptors (Lipinski definition) is 4. The Labute approximate surface area is 133 Å². The summed E-state index contributed by atoms with van der Waals surface area (Å²) in [6, 6.07) is 9.02. The summed E-state index contributed by atoms with van der Waals surface area (Å²) in [5, 5.41) is 3.47. The van der Waals surface area contributed by atoms with E-state index >= 15 is 0 Å². The number of aromatic nitrogens is 2. The Kier molecular flexibility index (Phi) is 4.51. The third kappa shape index (κ3) is 4.25. The minimum atomic E-state index is 0.690. The van der Waals surface area contributed by atoms with E-state index in [1.165, 1.54) is 18.4 Å². The second-order valence-corrected chi connectivity index (χ2v) is 6.43. The van der Waals surface area contributed by atoms with Crippen molar-refractivity contribution in [2.24, 2.45) is 0 Å². The summed E-state index contributed by atoms with van der Waals surface area (Å²) in [7, 11) is 2.04. The van der Waals surface area contributed by atoms with Gasteiger partial charge in [-0.1, -0.05) is 28.1 Å². The van der Waals surface area contributed by atoms with Crippen molar-refractivity contribution in [3.05, 3.63) is 52.4 Å². The van der Waals surface area contributed by atoms with E-state index < -0.39 is 0 Å². The molecule has 21 heavy (non-hydrogen) atoms. The largest absolute Gasteiger partial charge is 0.354 e. The predicted octanol–water partition coefficient (Wildman–Crippen LogP) is 3.13. The van der Waals surface area contributed by atoms with Gasteiger partial charge in [-0.05, 0) is 30.5 Å². The van der Waals surface area contributed by atoms with E-state index in [2.05, 4.69) is 54.3 Å². The molecule has 0 radical (unpaired) electrons. The van der Waals surface area contributed by atoms with Crippen molar-refractivity contribution in [2.45, 2.75) is 32.0 Å². The first-order valence-electron chi connectivity index (χ1n) is 7.20. The molecule has 0 amide bonds.